The minimum absolute atomic E-state index is 0.144. The van der Waals surface area contributed by atoms with Crippen molar-refractivity contribution in [2.45, 2.75) is 20.8 Å². The first-order valence-electron chi connectivity index (χ1n) is 4.41. The molecule has 0 atom stereocenters. The highest BCUT2D eigenvalue weighted by Gasteiger charge is 2.05. The molecule has 80 valence electrons. The van der Waals surface area contributed by atoms with Crippen molar-refractivity contribution < 1.29 is 14.3 Å². The molecule has 0 bridgehead atoms. The molecule has 0 saturated carbocycles. The summed E-state index contributed by atoms with van der Waals surface area (Å²) in [6, 6.07) is 0. The number of carbonyl (C=O) groups is 2. The van der Waals surface area contributed by atoms with Crippen LogP contribution >= 0.6 is 0 Å². The number of aromatic nitrogens is 2. The molecule has 1 heterocycles. The summed E-state index contributed by atoms with van der Waals surface area (Å²) < 4.78 is 6.18. The molecule has 0 N–H and O–H groups in total. The van der Waals surface area contributed by atoms with E-state index in [1.54, 1.807) is 13.1 Å². The van der Waals surface area contributed by atoms with E-state index < -0.39 is 5.97 Å². The van der Waals surface area contributed by atoms with Crippen LogP contribution in [0.25, 0.3) is 6.08 Å². The molecule has 5 heteroatoms. The molecule has 0 saturated heterocycles. The first-order chi connectivity index (χ1) is 7.00. The van der Waals surface area contributed by atoms with Crippen LogP contribution in [-0.2, 0) is 9.53 Å². The van der Waals surface area contributed by atoms with Gasteiger partial charge in [0.1, 0.15) is 11.6 Å². The van der Waals surface area contributed by atoms with Crippen LogP contribution in [0.5, 0.6) is 0 Å². The van der Waals surface area contributed by atoms with Crippen molar-refractivity contribution in [1.29, 1.82) is 0 Å². The van der Waals surface area contributed by atoms with Gasteiger partial charge in [0.05, 0.1) is 0 Å². The van der Waals surface area contributed by atoms with Crippen LogP contribution in [-0.4, -0.2) is 21.4 Å². The summed E-state index contributed by atoms with van der Waals surface area (Å²) in [5.74, 6) is 0.302. The lowest BCUT2D eigenvalue weighted by Gasteiger charge is -2.01. The SMILES string of the molecule is CC(=O)O/C(C)=C\c1nccn1C(C)=O. The third kappa shape index (κ3) is 3.05. The molecular formula is C10H12N2O3. The molecule has 15 heavy (non-hydrogen) atoms. The second-order valence-corrected chi connectivity index (χ2v) is 3.02. The highest BCUT2D eigenvalue weighted by molar-refractivity contribution is 5.78. The van der Waals surface area contributed by atoms with Gasteiger partial charge in [0, 0.05) is 32.3 Å². The lowest BCUT2D eigenvalue weighted by atomic mass is 10.4. The van der Waals surface area contributed by atoms with Crippen LogP contribution in [0, 0.1) is 0 Å². The predicted octanol–water partition coefficient (Wildman–Crippen LogP) is 1.47. The van der Waals surface area contributed by atoms with E-state index in [0.717, 1.165) is 0 Å². The maximum absolute atomic E-state index is 11.1. The average molecular weight is 208 g/mol. The van der Waals surface area contributed by atoms with Gasteiger partial charge in [0.25, 0.3) is 0 Å². The van der Waals surface area contributed by atoms with Crippen LogP contribution in [0.15, 0.2) is 18.2 Å². The van der Waals surface area contributed by atoms with E-state index in [0.29, 0.717) is 11.6 Å². The fourth-order valence-electron chi connectivity index (χ4n) is 1.13. The van der Waals surface area contributed by atoms with Gasteiger partial charge in [0.15, 0.2) is 0 Å². The standard InChI is InChI=1S/C10H12N2O3/c1-7(15-9(3)14)6-10-11-4-5-12(10)8(2)13/h4-6H,1-3H3/b7-6-. The van der Waals surface area contributed by atoms with E-state index >= 15 is 0 Å². The molecule has 0 radical (unpaired) electrons. The van der Waals surface area contributed by atoms with Gasteiger partial charge in [-0.15, -0.1) is 0 Å². The van der Waals surface area contributed by atoms with Gasteiger partial charge in [-0.3, -0.25) is 14.2 Å². The van der Waals surface area contributed by atoms with Gasteiger partial charge in [-0.25, -0.2) is 4.98 Å². The molecule has 0 aliphatic carbocycles. The number of hydrogen-bond acceptors (Lipinski definition) is 4. The smallest absolute Gasteiger partial charge is 0.307 e. The fourth-order valence-corrected chi connectivity index (χ4v) is 1.13. The normalized spacial score (nSPS) is 11.3. The Bertz CT molecular complexity index is 418. The number of hydrogen-bond donors (Lipinski definition) is 0. The minimum Gasteiger partial charge on any atom is -0.431 e. The molecule has 0 fully saturated rings. The maximum atomic E-state index is 11.1. The lowest BCUT2D eigenvalue weighted by Crippen LogP contribution is -2.07. The summed E-state index contributed by atoms with van der Waals surface area (Å²) in [7, 11) is 0. The second kappa shape index (κ2) is 4.54. The molecule has 1 rings (SSSR count). The number of nitrogens with zero attached hydrogens (tertiary/aromatic N) is 2. The minimum atomic E-state index is -0.398. The largest absolute Gasteiger partial charge is 0.431 e. The number of carbonyl (C=O) groups excluding carboxylic acids is 2. The fraction of sp³-hybridized carbons (Fsp3) is 0.300. The van der Waals surface area contributed by atoms with Crippen molar-refractivity contribution in [2.24, 2.45) is 0 Å². The molecular weight excluding hydrogens is 196 g/mol. The number of allylic oxidation sites excluding steroid dienone is 1. The molecule has 0 spiro atoms. The molecule has 0 aliphatic heterocycles. The van der Waals surface area contributed by atoms with Gasteiger partial charge < -0.3 is 4.74 Å². The zero-order chi connectivity index (χ0) is 11.4. The Labute approximate surface area is 87.4 Å². The Kier molecular flexibility index (Phi) is 3.38. The Balaban J connectivity index is 2.92. The Morgan fingerprint density at radius 3 is 2.60 bits per heavy atom. The number of esters is 1. The highest BCUT2D eigenvalue weighted by Crippen LogP contribution is 2.06. The van der Waals surface area contributed by atoms with Crippen molar-refractivity contribution in [3.8, 4) is 0 Å². The van der Waals surface area contributed by atoms with Gasteiger partial charge in [0.2, 0.25) is 5.91 Å². The van der Waals surface area contributed by atoms with Gasteiger partial charge in [-0.2, -0.15) is 0 Å². The van der Waals surface area contributed by atoms with Crippen LogP contribution < -0.4 is 0 Å². The van der Waals surface area contributed by atoms with E-state index in [1.165, 1.54) is 30.7 Å². The monoisotopic (exact) mass is 208 g/mol. The molecule has 0 aromatic carbocycles. The predicted molar refractivity (Wildman–Crippen MR) is 53.9 cm³/mol. The molecule has 1 aromatic rings. The van der Waals surface area contributed by atoms with Crippen molar-refractivity contribution in [3.63, 3.8) is 0 Å². The zero-order valence-corrected chi connectivity index (χ0v) is 8.85. The van der Waals surface area contributed by atoms with Crippen LogP contribution in [0.4, 0.5) is 0 Å². The van der Waals surface area contributed by atoms with E-state index in [9.17, 15) is 9.59 Å². The van der Waals surface area contributed by atoms with E-state index in [-0.39, 0.29) is 5.91 Å². The highest BCUT2D eigenvalue weighted by atomic mass is 16.5. The summed E-state index contributed by atoms with van der Waals surface area (Å²) in [5, 5.41) is 0. The lowest BCUT2D eigenvalue weighted by molar-refractivity contribution is -0.136. The molecule has 1 aromatic heterocycles. The van der Waals surface area contributed by atoms with Crippen molar-refractivity contribution in [2.75, 3.05) is 0 Å². The van der Waals surface area contributed by atoms with E-state index in [1.807, 2.05) is 0 Å². The van der Waals surface area contributed by atoms with Gasteiger partial charge in [-0.05, 0) is 6.92 Å². The third-order valence-electron chi connectivity index (χ3n) is 1.65. The summed E-state index contributed by atoms with van der Waals surface area (Å²) in [6.45, 7) is 4.37. The van der Waals surface area contributed by atoms with Crippen molar-refractivity contribution >= 4 is 18.0 Å². The zero-order valence-electron chi connectivity index (χ0n) is 8.85. The molecule has 0 amide bonds. The quantitative estimate of drug-likeness (QED) is 0.545. The number of imidazole rings is 1. The van der Waals surface area contributed by atoms with Crippen LogP contribution in [0.1, 0.15) is 31.4 Å². The summed E-state index contributed by atoms with van der Waals surface area (Å²) in [6.07, 6.45) is 4.59. The van der Waals surface area contributed by atoms with Crippen molar-refractivity contribution in [3.05, 3.63) is 24.0 Å². The van der Waals surface area contributed by atoms with E-state index in [2.05, 4.69) is 4.98 Å². The first-order valence-corrected chi connectivity index (χ1v) is 4.41. The first kappa shape index (κ1) is 11.2. The summed E-state index contributed by atoms with van der Waals surface area (Å²) in [4.78, 5) is 25.7. The Morgan fingerprint density at radius 2 is 2.07 bits per heavy atom. The number of rotatable bonds is 2. The third-order valence-corrected chi connectivity index (χ3v) is 1.65. The average Bonchev–Trinajstić information content (AvgIpc) is 2.50. The molecule has 0 aliphatic rings. The van der Waals surface area contributed by atoms with E-state index in [4.69, 9.17) is 4.74 Å². The topological polar surface area (TPSA) is 61.2 Å². The second-order valence-electron chi connectivity index (χ2n) is 3.02. The molecule has 5 nitrogen and oxygen atoms in total. The van der Waals surface area contributed by atoms with Crippen molar-refractivity contribution in [1.82, 2.24) is 9.55 Å². The molecule has 0 unspecified atom stereocenters. The van der Waals surface area contributed by atoms with Crippen LogP contribution in [0.2, 0.25) is 0 Å². The summed E-state index contributed by atoms with van der Waals surface area (Å²) >= 11 is 0. The number of ether oxygens (including phenoxy) is 1. The Morgan fingerprint density at radius 1 is 1.40 bits per heavy atom. The summed E-state index contributed by atoms with van der Waals surface area (Å²) in [5.41, 5.74) is 0. The van der Waals surface area contributed by atoms with Gasteiger partial charge in [-0.1, -0.05) is 0 Å². The maximum Gasteiger partial charge on any atom is 0.307 e. The van der Waals surface area contributed by atoms with Gasteiger partial charge >= 0.3 is 5.97 Å². The van der Waals surface area contributed by atoms with Crippen LogP contribution in [0.3, 0.4) is 0 Å². The Hall–Kier alpha value is -1.91.